The molecule has 4 aromatic rings. The first-order valence-electron chi connectivity index (χ1n) is 10.8. The lowest BCUT2D eigenvalue weighted by Gasteiger charge is -2.15. The summed E-state index contributed by atoms with van der Waals surface area (Å²) in [7, 11) is -2.60. The largest absolute Gasteiger partial charge is 0.497 e. The predicted molar refractivity (Wildman–Crippen MR) is 131 cm³/mol. The molecule has 0 bridgehead atoms. The highest BCUT2D eigenvalue weighted by atomic mass is 32.2. The molecule has 0 amide bonds. The molecule has 7 heteroatoms. The molecule has 0 saturated heterocycles. The Hall–Kier alpha value is -3.71. The Balaban J connectivity index is 1.98. The van der Waals surface area contributed by atoms with Gasteiger partial charge in [0.1, 0.15) is 11.5 Å². The number of benzene rings is 3. The number of pyridine rings is 1. The van der Waals surface area contributed by atoms with E-state index in [1.165, 1.54) is 25.4 Å². The summed E-state index contributed by atoms with van der Waals surface area (Å²) in [4.78, 5) is 17.9. The molecule has 0 fully saturated rings. The van der Waals surface area contributed by atoms with Crippen LogP contribution in [0.4, 0.5) is 0 Å². The number of sulfone groups is 1. The molecule has 0 saturated carbocycles. The van der Waals surface area contributed by atoms with Crippen LogP contribution in [0.5, 0.6) is 11.5 Å². The zero-order chi connectivity index (χ0) is 24.5. The number of nitrogens with zero attached hydrogens (tertiary/aromatic N) is 1. The maximum Gasteiger partial charge on any atom is 0.208 e. The van der Waals surface area contributed by atoms with E-state index in [2.05, 4.69) is 4.98 Å². The van der Waals surface area contributed by atoms with E-state index in [1.54, 1.807) is 42.5 Å². The van der Waals surface area contributed by atoms with Crippen molar-refractivity contribution in [3.05, 3.63) is 89.1 Å². The minimum atomic E-state index is -4.10. The zero-order valence-corrected chi connectivity index (χ0v) is 20.3. The Morgan fingerprint density at radius 1 is 0.912 bits per heavy atom. The van der Waals surface area contributed by atoms with Crippen LogP contribution in [0.15, 0.2) is 76.7 Å². The van der Waals surface area contributed by atoms with Gasteiger partial charge in [0.15, 0.2) is 5.78 Å². The maximum absolute atomic E-state index is 13.9. The van der Waals surface area contributed by atoms with Crippen molar-refractivity contribution in [2.45, 2.75) is 30.6 Å². The van der Waals surface area contributed by atoms with E-state index in [4.69, 9.17) is 9.47 Å². The molecular formula is C27H25NO5S. The lowest BCUT2D eigenvalue weighted by Crippen LogP contribution is -2.13. The standard InChI is InChI=1S/C27H25NO5S/c1-5-33-20-8-11-22(12-9-20)34(30,31)27-23-15-21(32-4)10-13-25(23)28-16-24(27)26(29)19-7-6-17(2)18(3)14-19/h6-16H,5H2,1-4H3. The van der Waals surface area contributed by atoms with Crippen molar-refractivity contribution in [2.75, 3.05) is 13.7 Å². The summed E-state index contributed by atoms with van der Waals surface area (Å²) in [5.74, 6) is 0.618. The van der Waals surface area contributed by atoms with Crippen LogP contribution in [0.25, 0.3) is 10.9 Å². The van der Waals surface area contributed by atoms with E-state index >= 15 is 0 Å². The minimum absolute atomic E-state index is 0.0119. The number of aromatic nitrogens is 1. The van der Waals surface area contributed by atoms with Crippen LogP contribution in [0.2, 0.25) is 0 Å². The molecule has 1 aromatic heterocycles. The molecule has 0 unspecified atom stereocenters. The van der Waals surface area contributed by atoms with Gasteiger partial charge in [-0.3, -0.25) is 9.78 Å². The van der Waals surface area contributed by atoms with Crippen LogP contribution < -0.4 is 9.47 Å². The van der Waals surface area contributed by atoms with Gasteiger partial charge < -0.3 is 9.47 Å². The summed E-state index contributed by atoms with van der Waals surface area (Å²) in [6.45, 7) is 6.18. The molecule has 0 spiro atoms. The molecule has 0 radical (unpaired) electrons. The monoisotopic (exact) mass is 475 g/mol. The van der Waals surface area contributed by atoms with Crippen molar-refractivity contribution in [2.24, 2.45) is 0 Å². The van der Waals surface area contributed by atoms with Gasteiger partial charge in [-0.1, -0.05) is 12.1 Å². The maximum atomic E-state index is 13.9. The summed E-state index contributed by atoms with van der Waals surface area (Å²) in [6, 6.07) is 16.5. The highest BCUT2D eigenvalue weighted by Gasteiger charge is 2.29. The third-order valence-corrected chi connectivity index (χ3v) is 7.62. The second-order valence-electron chi connectivity index (χ2n) is 7.92. The van der Waals surface area contributed by atoms with Gasteiger partial charge in [-0.25, -0.2) is 8.42 Å². The number of carbonyl (C=O) groups excluding carboxylic acids is 1. The normalized spacial score (nSPS) is 11.4. The highest BCUT2D eigenvalue weighted by molar-refractivity contribution is 7.91. The summed E-state index contributed by atoms with van der Waals surface area (Å²) < 4.78 is 38.6. The predicted octanol–water partition coefficient (Wildman–Crippen LogP) is 5.32. The Kier molecular flexibility index (Phi) is 6.39. The van der Waals surface area contributed by atoms with Crippen molar-refractivity contribution >= 4 is 26.5 Å². The van der Waals surface area contributed by atoms with Crippen LogP contribution in [0, 0.1) is 13.8 Å². The van der Waals surface area contributed by atoms with Gasteiger partial charge in [-0.05, 0) is 80.4 Å². The molecule has 0 N–H and O–H groups in total. The van der Waals surface area contributed by atoms with E-state index < -0.39 is 15.6 Å². The molecule has 3 aromatic carbocycles. The second-order valence-corrected chi connectivity index (χ2v) is 9.81. The Morgan fingerprint density at radius 2 is 1.62 bits per heavy atom. The van der Waals surface area contributed by atoms with Gasteiger partial charge in [0.05, 0.1) is 34.6 Å². The fourth-order valence-corrected chi connectivity index (χ4v) is 5.38. The van der Waals surface area contributed by atoms with E-state index in [9.17, 15) is 13.2 Å². The van der Waals surface area contributed by atoms with Crippen LogP contribution in [0.1, 0.15) is 34.0 Å². The van der Waals surface area contributed by atoms with E-state index in [1.807, 2.05) is 26.8 Å². The van der Waals surface area contributed by atoms with Gasteiger partial charge >= 0.3 is 0 Å². The number of ether oxygens (including phenoxy) is 2. The van der Waals surface area contributed by atoms with Gasteiger partial charge in [-0.2, -0.15) is 0 Å². The first-order valence-corrected chi connectivity index (χ1v) is 12.3. The Labute approximate surface area is 199 Å². The Morgan fingerprint density at radius 3 is 2.26 bits per heavy atom. The minimum Gasteiger partial charge on any atom is -0.497 e. The third-order valence-electron chi connectivity index (χ3n) is 5.75. The van der Waals surface area contributed by atoms with Crippen LogP contribution in [-0.2, 0) is 9.84 Å². The van der Waals surface area contributed by atoms with Gasteiger partial charge in [0.2, 0.25) is 9.84 Å². The fraction of sp³-hybridized carbons (Fsp3) is 0.185. The van der Waals surface area contributed by atoms with Crippen LogP contribution >= 0.6 is 0 Å². The average molecular weight is 476 g/mol. The van der Waals surface area contributed by atoms with Gasteiger partial charge in [-0.15, -0.1) is 0 Å². The van der Waals surface area contributed by atoms with Crippen LogP contribution in [0.3, 0.4) is 0 Å². The first kappa shape index (κ1) is 23.4. The van der Waals surface area contributed by atoms with E-state index in [0.717, 1.165) is 11.1 Å². The lowest BCUT2D eigenvalue weighted by molar-refractivity contribution is 0.103. The van der Waals surface area contributed by atoms with Crippen molar-refractivity contribution in [3.63, 3.8) is 0 Å². The molecule has 6 nitrogen and oxygen atoms in total. The zero-order valence-electron chi connectivity index (χ0n) is 19.5. The molecular weight excluding hydrogens is 450 g/mol. The fourth-order valence-electron chi connectivity index (χ4n) is 3.76. The van der Waals surface area contributed by atoms with Crippen molar-refractivity contribution in [1.29, 1.82) is 0 Å². The lowest BCUT2D eigenvalue weighted by atomic mass is 9.99. The number of rotatable bonds is 7. The third kappa shape index (κ3) is 4.26. The van der Waals surface area contributed by atoms with Crippen molar-refractivity contribution in [1.82, 2.24) is 4.98 Å². The molecule has 174 valence electrons. The molecule has 1 heterocycles. The van der Waals surface area contributed by atoms with Crippen molar-refractivity contribution < 1.29 is 22.7 Å². The summed E-state index contributed by atoms with van der Waals surface area (Å²) in [5.41, 5.74) is 2.84. The van der Waals surface area contributed by atoms with Crippen LogP contribution in [-0.4, -0.2) is 32.9 Å². The molecule has 0 aliphatic rings. The molecule has 0 atom stereocenters. The molecule has 0 aliphatic carbocycles. The summed E-state index contributed by atoms with van der Waals surface area (Å²) >= 11 is 0. The van der Waals surface area contributed by atoms with E-state index in [0.29, 0.717) is 34.6 Å². The number of aryl methyl sites for hydroxylation is 2. The SMILES string of the molecule is CCOc1ccc(S(=O)(=O)c2c(C(=O)c3ccc(C)c(C)c3)cnc3ccc(OC)cc23)cc1. The number of fused-ring (bicyclic) bond motifs is 1. The van der Waals surface area contributed by atoms with E-state index in [-0.39, 0.29) is 15.4 Å². The number of methoxy groups -OCH3 is 1. The second kappa shape index (κ2) is 9.27. The molecule has 0 aliphatic heterocycles. The molecule has 34 heavy (non-hydrogen) atoms. The van der Waals surface area contributed by atoms with Gasteiger partial charge in [0, 0.05) is 17.1 Å². The Bertz CT molecular complexity index is 1490. The quantitative estimate of drug-likeness (QED) is 0.336. The molecule has 4 rings (SSSR count). The number of carbonyl (C=O) groups is 1. The first-order chi connectivity index (χ1) is 16.3. The average Bonchev–Trinajstić information content (AvgIpc) is 2.84. The summed E-state index contributed by atoms with van der Waals surface area (Å²) in [6.07, 6.45) is 1.34. The topological polar surface area (TPSA) is 82.6 Å². The number of ketones is 1. The van der Waals surface area contributed by atoms with Gasteiger partial charge in [0.25, 0.3) is 0 Å². The van der Waals surface area contributed by atoms with Crippen molar-refractivity contribution in [3.8, 4) is 11.5 Å². The number of hydrogen-bond acceptors (Lipinski definition) is 6. The highest BCUT2D eigenvalue weighted by Crippen LogP contribution is 2.34. The summed E-state index contributed by atoms with van der Waals surface area (Å²) in [5, 5.41) is 0.322. The number of hydrogen-bond donors (Lipinski definition) is 0. The smallest absolute Gasteiger partial charge is 0.208 e.